The van der Waals surface area contributed by atoms with Gasteiger partial charge >= 0.3 is 0 Å². The summed E-state index contributed by atoms with van der Waals surface area (Å²) in [6.07, 6.45) is 0. The fourth-order valence-electron chi connectivity index (χ4n) is 1.61. The second kappa shape index (κ2) is 5.30. The largest absolute Gasteiger partial charge is 0.508 e. The van der Waals surface area contributed by atoms with Gasteiger partial charge in [-0.2, -0.15) is 0 Å². The van der Waals surface area contributed by atoms with Crippen LogP contribution in [0.15, 0.2) is 42.5 Å². The molecule has 19 heavy (non-hydrogen) atoms. The van der Waals surface area contributed by atoms with Crippen LogP contribution in [0.4, 0.5) is 0 Å². The van der Waals surface area contributed by atoms with Crippen molar-refractivity contribution in [3.05, 3.63) is 53.6 Å². The van der Waals surface area contributed by atoms with E-state index in [1.165, 1.54) is 30.3 Å². The van der Waals surface area contributed by atoms with Crippen molar-refractivity contribution < 1.29 is 20.1 Å². The summed E-state index contributed by atoms with van der Waals surface area (Å²) in [4.78, 5) is 11.8. The van der Waals surface area contributed by atoms with E-state index in [0.717, 1.165) is 5.56 Å². The second-order valence-electron chi connectivity index (χ2n) is 4.02. The molecule has 0 heterocycles. The Morgan fingerprint density at radius 1 is 1.00 bits per heavy atom. The number of benzene rings is 2. The van der Waals surface area contributed by atoms with Crippen molar-refractivity contribution in [1.29, 1.82) is 0 Å². The number of aromatic hydroxyl groups is 3. The minimum atomic E-state index is -0.485. The van der Waals surface area contributed by atoms with E-state index in [0.29, 0.717) is 0 Å². The lowest BCUT2D eigenvalue weighted by molar-refractivity contribution is 0.0947. The van der Waals surface area contributed by atoms with Crippen LogP contribution in [0.5, 0.6) is 17.2 Å². The molecule has 4 N–H and O–H groups in total. The van der Waals surface area contributed by atoms with E-state index >= 15 is 0 Å². The molecule has 0 saturated carbocycles. The molecule has 0 radical (unpaired) electrons. The van der Waals surface area contributed by atoms with Crippen molar-refractivity contribution in [2.45, 2.75) is 6.54 Å². The number of carbonyl (C=O) groups excluding carboxylic acids is 1. The zero-order valence-electron chi connectivity index (χ0n) is 10.00. The number of rotatable bonds is 3. The van der Waals surface area contributed by atoms with E-state index in [1.807, 2.05) is 0 Å². The quantitative estimate of drug-likeness (QED) is 0.632. The van der Waals surface area contributed by atoms with Crippen molar-refractivity contribution in [3.8, 4) is 17.2 Å². The molecule has 0 saturated heterocycles. The molecule has 0 bridgehead atoms. The van der Waals surface area contributed by atoms with Crippen molar-refractivity contribution in [1.82, 2.24) is 5.32 Å². The lowest BCUT2D eigenvalue weighted by atomic mass is 10.1. The molecule has 2 aromatic rings. The second-order valence-corrected chi connectivity index (χ2v) is 4.02. The molecule has 2 rings (SSSR count). The first-order chi connectivity index (χ1) is 9.08. The van der Waals surface area contributed by atoms with Gasteiger partial charge in [0.2, 0.25) is 0 Å². The summed E-state index contributed by atoms with van der Waals surface area (Å²) >= 11 is 0. The van der Waals surface area contributed by atoms with Crippen LogP contribution in [0.25, 0.3) is 0 Å². The van der Waals surface area contributed by atoms with E-state index in [1.54, 1.807) is 12.1 Å². The Morgan fingerprint density at radius 2 is 1.68 bits per heavy atom. The Morgan fingerprint density at radius 3 is 2.37 bits per heavy atom. The van der Waals surface area contributed by atoms with E-state index in [9.17, 15) is 15.0 Å². The van der Waals surface area contributed by atoms with Gasteiger partial charge in [0.25, 0.3) is 5.91 Å². The van der Waals surface area contributed by atoms with Crippen molar-refractivity contribution in [2.24, 2.45) is 0 Å². The summed E-state index contributed by atoms with van der Waals surface area (Å²) in [5, 5.41) is 30.6. The van der Waals surface area contributed by atoms with Gasteiger partial charge in [0.05, 0.1) is 5.56 Å². The maximum absolute atomic E-state index is 11.8. The van der Waals surface area contributed by atoms with Crippen molar-refractivity contribution in [2.75, 3.05) is 0 Å². The van der Waals surface area contributed by atoms with Crippen LogP contribution < -0.4 is 5.32 Å². The first kappa shape index (κ1) is 12.8. The Hall–Kier alpha value is -2.69. The van der Waals surface area contributed by atoms with Crippen LogP contribution in [-0.4, -0.2) is 21.2 Å². The highest BCUT2D eigenvalue weighted by molar-refractivity contribution is 5.97. The third-order valence-electron chi connectivity index (χ3n) is 2.65. The minimum Gasteiger partial charge on any atom is -0.508 e. The molecular formula is C14H13NO4. The molecule has 0 aliphatic carbocycles. The maximum atomic E-state index is 11.8. The van der Waals surface area contributed by atoms with E-state index in [-0.39, 0.29) is 23.6 Å². The summed E-state index contributed by atoms with van der Waals surface area (Å²) in [5.74, 6) is -1.11. The number of para-hydroxylation sites is 1. The summed E-state index contributed by atoms with van der Waals surface area (Å²) < 4.78 is 0. The van der Waals surface area contributed by atoms with E-state index < -0.39 is 11.7 Å². The maximum Gasteiger partial charge on any atom is 0.255 e. The molecule has 0 fully saturated rings. The van der Waals surface area contributed by atoms with Gasteiger partial charge < -0.3 is 20.6 Å². The number of nitrogens with one attached hydrogen (secondary N) is 1. The van der Waals surface area contributed by atoms with E-state index in [4.69, 9.17) is 5.11 Å². The molecule has 0 unspecified atom stereocenters. The average molecular weight is 259 g/mol. The van der Waals surface area contributed by atoms with Gasteiger partial charge in [0.15, 0.2) is 11.5 Å². The Kier molecular flexibility index (Phi) is 3.56. The number of hydrogen-bond donors (Lipinski definition) is 4. The molecule has 0 aromatic heterocycles. The molecule has 2 aromatic carbocycles. The third kappa shape index (κ3) is 2.95. The van der Waals surface area contributed by atoms with Crippen molar-refractivity contribution >= 4 is 5.91 Å². The number of carbonyl (C=O) groups is 1. The van der Waals surface area contributed by atoms with Gasteiger partial charge in [-0.1, -0.05) is 18.2 Å². The van der Waals surface area contributed by atoms with Crippen molar-refractivity contribution in [3.63, 3.8) is 0 Å². The highest BCUT2D eigenvalue weighted by Crippen LogP contribution is 2.27. The summed E-state index contributed by atoms with van der Waals surface area (Å²) in [7, 11) is 0. The molecule has 0 spiro atoms. The van der Waals surface area contributed by atoms with Crippen LogP contribution in [0.3, 0.4) is 0 Å². The standard InChI is InChI=1S/C14H13NO4/c16-10-6-4-9(5-7-10)8-15-14(19)11-2-1-3-12(17)13(11)18/h1-7,16-18H,8H2,(H,15,19). The Bertz CT molecular complexity index is 593. The van der Waals surface area contributed by atoms with Crippen LogP contribution in [-0.2, 0) is 6.54 Å². The summed E-state index contributed by atoms with van der Waals surface area (Å²) in [6.45, 7) is 0.258. The van der Waals surface area contributed by atoms with Crippen LogP contribution in [0, 0.1) is 0 Å². The van der Waals surface area contributed by atoms with Crippen LogP contribution in [0.2, 0.25) is 0 Å². The Balaban J connectivity index is 2.05. The highest BCUT2D eigenvalue weighted by Gasteiger charge is 2.13. The zero-order chi connectivity index (χ0) is 13.8. The van der Waals surface area contributed by atoms with Gasteiger partial charge in [0, 0.05) is 6.54 Å². The fraction of sp³-hybridized carbons (Fsp3) is 0.0714. The lowest BCUT2D eigenvalue weighted by Gasteiger charge is -2.07. The zero-order valence-corrected chi connectivity index (χ0v) is 10.00. The first-order valence-corrected chi connectivity index (χ1v) is 5.65. The molecular weight excluding hydrogens is 246 g/mol. The predicted octanol–water partition coefficient (Wildman–Crippen LogP) is 1.73. The fourth-order valence-corrected chi connectivity index (χ4v) is 1.61. The molecule has 1 amide bonds. The molecule has 0 aliphatic heterocycles. The monoisotopic (exact) mass is 259 g/mol. The molecule has 5 heteroatoms. The molecule has 98 valence electrons. The average Bonchev–Trinajstić information content (AvgIpc) is 2.41. The number of phenols is 3. The Labute approximate surface area is 109 Å². The molecule has 5 nitrogen and oxygen atoms in total. The topological polar surface area (TPSA) is 89.8 Å². The predicted molar refractivity (Wildman–Crippen MR) is 69.0 cm³/mol. The van der Waals surface area contributed by atoms with Gasteiger partial charge in [-0.05, 0) is 29.8 Å². The number of hydrogen-bond acceptors (Lipinski definition) is 4. The van der Waals surface area contributed by atoms with Gasteiger partial charge in [-0.25, -0.2) is 0 Å². The summed E-state index contributed by atoms with van der Waals surface area (Å²) in [6, 6.07) is 10.6. The number of phenolic OH excluding ortho intramolecular Hbond substituents is 3. The molecule has 0 atom stereocenters. The third-order valence-corrected chi connectivity index (χ3v) is 2.65. The van der Waals surface area contributed by atoms with E-state index in [2.05, 4.69) is 5.32 Å². The summed E-state index contributed by atoms with van der Waals surface area (Å²) in [5.41, 5.74) is 0.824. The van der Waals surface area contributed by atoms with Crippen LogP contribution >= 0.6 is 0 Å². The van der Waals surface area contributed by atoms with Gasteiger partial charge in [-0.3, -0.25) is 4.79 Å². The highest BCUT2D eigenvalue weighted by atomic mass is 16.3. The normalized spacial score (nSPS) is 10.1. The minimum absolute atomic E-state index is 0.0128. The molecule has 0 aliphatic rings. The lowest BCUT2D eigenvalue weighted by Crippen LogP contribution is -2.22. The first-order valence-electron chi connectivity index (χ1n) is 5.65. The smallest absolute Gasteiger partial charge is 0.255 e. The number of amides is 1. The van der Waals surface area contributed by atoms with Gasteiger partial charge in [-0.15, -0.1) is 0 Å². The SMILES string of the molecule is O=C(NCc1ccc(O)cc1)c1cccc(O)c1O. The van der Waals surface area contributed by atoms with Crippen LogP contribution in [0.1, 0.15) is 15.9 Å². The van der Waals surface area contributed by atoms with Gasteiger partial charge in [0.1, 0.15) is 5.75 Å².